The lowest BCUT2D eigenvalue weighted by atomic mass is 10.1. The van der Waals surface area contributed by atoms with Crippen molar-refractivity contribution < 1.29 is 19.4 Å². The first kappa shape index (κ1) is 14.1. The molecule has 0 aliphatic rings. The molecule has 1 rings (SSSR count). The molecule has 6 heteroatoms. The van der Waals surface area contributed by atoms with E-state index >= 15 is 0 Å². The van der Waals surface area contributed by atoms with Gasteiger partial charge in [-0.2, -0.15) is 0 Å². The van der Waals surface area contributed by atoms with Crippen LogP contribution in [0.2, 0.25) is 0 Å². The van der Waals surface area contributed by atoms with Crippen LogP contribution < -0.4 is 0 Å². The molecule has 0 spiro atoms. The Hall–Kier alpha value is -0.980. The van der Waals surface area contributed by atoms with Crippen LogP contribution in [0, 0.1) is 0 Å². The number of hydrogen-bond acceptors (Lipinski definition) is 5. The molecule has 1 aromatic rings. The Morgan fingerprint density at radius 1 is 1.53 bits per heavy atom. The topological polar surface area (TPSA) is 68.7 Å². The smallest absolute Gasteiger partial charge is 0.347 e. The first-order valence-corrected chi connectivity index (χ1v) is 6.10. The van der Waals surface area contributed by atoms with Crippen LogP contribution in [0.15, 0.2) is 0 Å². The van der Waals surface area contributed by atoms with Crippen molar-refractivity contribution in [2.45, 2.75) is 33.0 Å². The maximum atomic E-state index is 11.1. The zero-order chi connectivity index (χ0) is 13.1. The van der Waals surface area contributed by atoms with Gasteiger partial charge in [0.2, 0.25) is 0 Å². The molecular weight excluding hydrogens is 242 g/mol. The average Bonchev–Trinajstić information content (AvgIpc) is 2.63. The van der Waals surface area contributed by atoms with E-state index in [0.29, 0.717) is 17.3 Å². The molecule has 0 saturated carbocycles. The van der Waals surface area contributed by atoms with Crippen LogP contribution >= 0.6 is 11.3 Å². The van der Waals surface area contributed by atoms with Crippen molar-refractivity contribution in [2.24, 2.45) is 0 Å². The van der Waals surface area contributed by atoms with Crippen molar-refractivity contribution >= 4 is 17.3 Å². The number of aromatic nitrogens is 1. The van der Waals surface area contributed by atoms with Crippen molar-refractivity contribution in [3.8, 4) is 0 Å². The van der Waals surface area contributed by atoms with Crippen molar-refractivity contribution in [2.75, 3.05) is 13.7 Å². The number of carboxylic acids is 1. The van der Waals surface area contributed by atoms with E-state index in [2.05, 4.69) is 4.98 Å². The highest BCUT2D eigenvalue weighted by Gasteiger charge is 2.28. The van der Waals surface area contributed by atoms with Gasteiger partial charge in [-0.3, -0.25) is 0 Å². The SMILES string of the molecule is CCOC(C)(C)c1nc(COC)c(C(=O)O)s1. The zero-order valence-corrected chi connectivity index (χ0v) is 11.3. The molecule has 0 saturated heterocycles. The lowest BCUT2D eigenvalue weighted by molar-refractivity contribution is -0.0143. The molecule has 0 aliphatic heterocycles. The highest BCUT2D eigenvalue weighted by atomic mass is 32.1. The van der Waals surface area contributed by atoms with Crippen LogP contribution in [-0.4, -0.2) is 29.8 Å². The van der Waals surface area contributed by atoms with E-state index < -0.39 is 11.6 Å². The van der Waals surface area contributed by atoms with Crippen LogP contribution in [0.1, 0.15) is 41.1 Å². The van der Waals surface area contributed by atoms with Gasteiger partial charge in [0.15, 0.2) is 0 Å². The number of carbonyl (C=O) groups is 1. The van der Waals surface area contributed by atoms with Crippen molar-refractivity contribution in [1.82, 2.24) is 4.98 Å². The fourth-order valence-electron chi connectivity index (χ4n) is 1.43. The van der Waals surface area contributed by atoms with E-state index in [1.807, 2.05) is 20.8 Å². The molecule has 0 radical (unpaired) electrons. The molecule has 96 valence electrons. The molecule has 1 N–H and O–H groups in total. The minimum absolute atomic E-state index is 0.195. The van der Waals surface area contributed by atoms with E-state index in [1.165, 1.54) is 7.11 Å². The van der Waals surface area contributed by atoms with Crippen LogP contribution in [0.25, 0.3) is 0 Å². The Labute approximate surface area is 104 Å². The van der Waals surface area contributed by atoms with Crippen LogP contribution in [0.5, 0.6) is 0 Å². The first-order valence-electron chi connectivity index (χ1n) is 5.28. The third-order valence-corrected chi connectivity index (χ3v) is 3.58. The summed E-state index contributed by atoms with van der Waals surface area (Å²) in [5.41, 5.74) is -0.122. The molecule has 1 aromatic heterocycles. The number of nitrogens with zero attached hydrogens (tertiary/aromatic N) is 1. The van der Waals surface area contributed by atoms with E-state index in [-0.39, 0.29) is 11.5 Å². The Morgan fingerprint density at radius 3 is 2.65 bits per heavy atom. The lowest BCUT2D eigenvalue weighted by Gasteiger charge is -2.21. The third kappa shape index (κ3) is 3.24. The summed E-state index contributed by atoms with van der Waals surface area (Å²) in [7, 11) is 1.51. The summed E-state index contributed by atoms with van der Waals surface area (Å²) in [6.45, 7) is 6.38. The number of thiazole rings is 1. The number of aromatic carboxylic acids is 1. The fourth-order valence-corrected chi connectivity index (χ4v) is 2.40. The zero-order valence-electron chi connectivity index (χ0n) is 10.4. The van der Waals surface area contributed by atoms with E-state index in [1.54, 1.807) is 0 Å². The number of ether oxygens (including phenoxy) is 2. The summed E-state index contributed by atoms with van der Waals surface area (Å²) in [4.78, 5) is 15.6. The molecule has 0 aliphatic carbocycles. The number of carboxylic acid groups (broad SMARTS) is 1. The Balaban J connectivity index is 3.10. The maximum Gasteiger partial charge on any atom is 0.347 e. The van der Waals surface area contributed by atoms with Gasteiger partial charge >= 0.3 is 5.97 Å². The van der Waals surface area contributed by atoms with E-state index in [9.17, 15) is 4.79 Å². The van der Waals surface area contributed by atoms with Gasteiger partial charge in [0.25, 0.3) is 0 Å². The molecule has 0 aromatic carbocycles. The quantitative estimate of drug-likeness (QED) is 0.848. The van der Waals surface area contributed by atoms with Gasteiger partial charge in [0, 0.05) is 13.7 Å². The lowest BCUT2D eigenvalue weighted by Crippen LogP contribution is -2.21. The summed E-state index contributed by atoms with van der Waals surface area (Å²) in [5.74, 6) is -0.979. The van der Waals surface area contributed by atoms with Gasteiger partial charge in [-0.25, -0.2) is 9.78 Å². The predicted molar refractivity (Wildman–Crippen MR) is 64.4 cm³/mol. The molecule has 0 fully saturated rings. The second-order valence-electron chi connectivity index (χ2n) is 3.98. The summed E-state index contributed by atoms with van der Waals surface area (Å²) in [6.07, 6.45) is 0. The van der Waals surface area contributed by atoms with Gasteiger partial charge in [0.05, 0.1) is 12.3 Å². The summed E-state index contributed by atoms with van der Waals surface area (Å²) in [6, 6.07) is 0. The van der Waals surface area contributed by atoms with E-state index in [0.717, 1.165) is 11.3 Å². The largest absolute Gasteiger partial charge is 0.477 e. The highest BCUT2D eigenvalue weighted by molar-refractivity contribution is 7.13. The third-order valence-electron chi connectivity index (χ3n) is 2.19. The van der Waals surface area contributed by atoms with E-state index in [4.69, 9.17) is 14.6 Å². The standard InChI is InChI=1S/C11H17NO4S/c1-5-16-11(2,3)10-12-7(6-15-4)8(17-10)9(13)14/h5-6H2,1-4H3,(H,13,14). The predicted octanol–water partition coefficient (Wildman–Crippen LogP) is 2.26. The molecule has 0 atom stereocenters. The minimum Gasteiger partial charge on any atom is -0.477 e. The maximum absolute atomic E-state index is 11.1. The Morgan fingerprint density at radius 2 is 2.18 bits per heavy atom. The molecule has 0 bridgehead atoms. The summed E-state index contributed by atoms with van der Waals surface area (Å²) in [5, 5.41) is 9.73. The van der Waals surface area contributed by atoms with Crippen molar-refractivity contribution in [1.29, 1.82) is 0 Å². The second-order valence-corrected chi connectivity index (χ2v) is 4.98. The van der Waals surface area contributed by atoms with Gasteiger partial charge in [-0.1, -0.05) is 0 Å². The van der Waals surface area contributed by atoms with Crippen LogP contribution in [0.4, 0.5) is 0 Å². The molecule has 17 heavy (non-hydrogen) atoms. The molecule has 0 unspecified atom stereocenters. The van der Waals surface area contributed by atoms with Crippen molar-refractivity contribution in [3.05, 3.63) is 15.6 Å². The molecule has 5 nitrogen and oxygen atoms in total. The summed E-state index contributed by atoms with van der Waals surface area (Å²) < 4.78 is 10.5. The van der Waals surface area contributed by atoms with Crippen molar-refractivity contribution in [3.63, 3.8) is 0 Å². The molecular formula is C11H17NO4S. The monoisotopic (exact) mass is 259 g/mol. The Bertz CT molecular complexity index is 400. The number of hydrogen-bond donors (Lipinski definition) is 1. The Kier molecular flexibility index (Phi) is 4.62. The number of rotatable bonds is 6. The number of methoxy groups -OCH3 is 1. The summed E-state index contributed by atoms with van der Waals surface area (Å²) >= 11 is 1.14. The second kappa shape index (κ2) is 5.57. The fraction of sp³-hybridized carbons (Fsp3) is 0.636. The average molecular weight is 259 g/mol. The minimum atomic E-state index is -0.979. The first-order chi connectivity index (χ1) is 7.92. The molecule has 1 heterocycles. The van der Waals surface area contributed by atoms with Gasteiger partial charge in [0.1, 0.15) is 15.5 Å². The van der Waals surface area contributed by atoms with Gasteiger partial charge in [-0.05, 0) is 20.8 Å². The van der Waals surface area contributed by atoms with Crippen LogP contribution in [-0.2, 0) is 21.7 Å². The van der Waals surface area contributed by atoms with Gasteiger partial charge < -0.3 is 14.6 Å². The normalized spacial score (nSPS) is 11.8. The van der Waals surface area contributed by atoms with Crippen LogP contribution in [0.3, 0.4) is 0 Å². The highest BCUT2D eigenvalue weighted by Crippen LogP contribution is 2.31. The molecule has 0 amide bonds. The van der Waals surface area contributed by atoms with Gasteiger partial charge in [-0.15, -0.1) is 11.3 Å².